The van der Waals surface area contributed by atoms with Crippen molar-refractivity contribution in [2.75, 3.05) is 0 Å². The van der Waals surface area contributed by atoms with E-state index in [2.05, 4.69) is 5.10 Å². The fourth-order valence-electron chi connectivity index (χ4n) is 1.48. The maximum Gasteiger partial charge on any atom is 0.416 e. The summed E-state index contributed by atoms with van der Waals surface area (Å²) >= 11 is 11.5. The minimum absolute atomic E-state index is 0.0607. The monoisotopic (exact) mass is 325 g/mol. The third-order valence-corrected chi connectivity index (χ3v) is 2.93. The summed E-state index contributed by atoms with van der Waals surface area (Å²) in [5.41, 5.74) is -1.41. The van der Waals surface area contributed by atoms with Crippen molar-refractivity contribution in [3.8, 4) is 5.69 Å². The van der Waals surface area contributed by atoms with E-state index in [0.717, 1.165) is 17.1 Å². The molecule has 10 heteroatoms. The molecule has 0 fully saturated rings. The maximum atomic E-state index is 12.6. The van der Waals surface area contributed by atoms with Gasteiger partial charge < -0.3 is 0 Å². The summed E-state index contributed by atoms with van der Waals surface area (Å²) in [6.07, 6.45) is -2.66. The lowest BCUT2D eigenvalue weighted by Gasteiger charge is -2.11. The summed E-state index contributed by atoms with van der Waals surface area (Å²) < 4.78 is 38.6. The van der Waals surface area contributed by atoms with E-state index in [1.165, 1.54) is 0 Å². The summed E-state index contributed by atoms with van der Waals surface area (Å²) in [7, 11) is 0. The predicted octanol–water partition coefficient (Wildman–Crippen LogP) is 4.11. The van der Waals surface area contributed by atoms with Crippen molar-refractivity contribution in [1.82, 2.24) is 9.78 Å². The van der Waals surface area contributed by atoms with Crippen molar-refractivity contribution in [2.24, 2.45) is 0 Å². The second-order valence-electron chi connectivity index (χ2n) is 3.69. The molecule has 0 unspecified atom stereocenters. The zero-order chi connectivity index (χ0) is 15.1. The van der Waals surface area contributed by atoms with Gasteiger partial charge in [0.15, 0.2) is 0 Å². The van der Waals surface area contributed by atoms with Crippen molar-refractivity contribution in [1.29, 1.82) is 0 Å². The molecule has 0 N–H and O–H groups in total. The first kappa shape index (κ1) is 14.6. The molecule has 106 valence electrons. The fourth-order valence-corrected chi connectivity index (χ4v) is 2.14. The van der Waals surface area contributed by atoms with E-state index in [1.54, 1.807) is 0 Å². The first-order valence-electron chi connectivity index (χ1n) is 4.96. The Balaban J connectivity index is 2.55. The number of halogens is 5. The van der Waals surface area contributed by atoms with Gasteiger partial charge >= 0.3 is 11.9 Å². The Morgan fingerprint density at radius 2 is 1.80 bits per heavy atom. The Morgan fingerprint density at radius 3 is 2.20 bits per heavy atom. The van der Waals surface area contributed by atoms with Gasteiger partial charge in [-0.2, -0.15) is 18.3 Å². The second kappa shape index (κ2) is 4.95. The van der Waals surface area contributed by atoms with Crippen molar-refractivity contribution in [3.63, 3.8) is 0 Å². The molecule has 0 radical (unpaired) electrons. The molecule has 0 aliphatic rings. The molecule has 0 aliphatic heterocycles. The highest BCUT2D eigenvalue weighted by Crippen LogP contribution is 2.37. The van der Waals surface area contributed by atoms with E-state index in [0.29, 0.717) is 12.1 Å². The van der Waals surface area contributed by atoms with E-state index < -0.39 is 16.7 Å². The molecule has 0 atom stereocenters. The Morgan fingerprint density at radius 1 is 1.25 bits per heavy atom. The molecule has 0 saturated carbocycles. The molecule has 0 amide bonds. The number of benzene rings is 1. The molecule has 0 bridgehead atoms. The van der Waals surface area contributed by atoms with Gasteiger partial charge in [0.1, 0.15) is 18.1 Å². The number of rotatable bonds is 2. The van der Waals surface area contributed by atoms with Crippen LogP contribution in [0.25, 0.3) is 5.69 Å². The van der Waals surface area contributed by atoms with Crippen LogP contribution in [0.5, 0.6) is 0 Å². The normalized spacial score (nSPS) is 11.7. The lowest BCUT2D eigenvalue weighted by atomic mass is 10.2. The Hall–Kier alpha value is -1.80. The summed E-state index contributed by atoms with van der Waals surface area (Å²) in [6.45, 7) is 0. The summed E-state index contributed by atoms with van der Waals surface area (Å²) in [5, 5.41) is 13.6. The van der Waals surface area contributed by atoms with Crippen LogP contribution in [0.3, 0.4) is 0 Å². The van der Waals surface area contributed by atoms with Gasteiger partial charge in [-0.1, -0.05) is 23.2 Å². The van der Waals surface area contributed by atoms with Gasteiger partial charge in [-0.15, -0.1) is 0 Å². The molecular formula is C10H4Cl2F3N3O2. The van der Waals surface area contributed by atoms with Crippen molar-refractivity contribution < 1.29 is 18.1 Å². The second-order valence-corrected chi connectivity index (χ2v) is 4.50. The van der Waals surface area contributed by atoms with Crippen LogP contribution in [0, 0.1) is 10.1 Å². The third-order valence-electron chi connectivity index (χ3n) is 2.35. The quantitative estimate of drug-likeness (QED) is 0.616. The van der Waals surface area contributed by atoms with Crippen LogP contribution in [0.4, 0.5) is 18.9 Å². The average molecular weight is 326 g/mol. The molecule has 20 heavy (non-hydrogen) atoms. The molecule has 0 saturated heterocycles. The lowest BCUT2D eigenvalue weighted by molar-refractivity contribution is -0.384. The van der Waals surface area contributed by atoms with Crippen molar-refractivity contribution >= 4 is 28.9 Å². The molecule has 0 spiro atoms. The number of alkyl halides is 3. The fraction of sp³-hybridized carbons (Fsp3) is 0.100. The van der Waals surface area contributed by atoms with Gasteiger partial charge in [0.25, 0.3) is 0 Å². The Bertz CT molecular complexity index is 662. The zero-order valence-electron chi connectivity index (χ0n) is 9.36. The minimum atomic E-state index is -4.60. The van der Waals surface area contributed by atoms with Crippen molar-refractivity contribution in [2.45, 2.75) is 6.18 Å². The first-order valence-corrected chi connectivity index (χ1v) is 5.71. The molecule has 1 aromatic heterocycles. The van der Waals surface area contributed by atoms with Crippen LogP contribution >= 0.6 is 23.2 Å². The number of hydrogen-bond acceptors (Lipinski definition) is 3. The van der Waals surface area contributed by atoms with E-state index in [4.69, 9.17) is 23.2 Å². The van der Waals surface area contributed by atoms with Gasteiger partial charge in [-0.05, 0) is 12.1 Å². The molecule has 0 aliphatic carbocycles. The van der Waals surface area contributed by atoms with Crippen molar-refractivity contribution in [3.05, 3.63) is 50.2 Å². The Labute approximate surface area is 119 Å². The van der Waals surface area contributed by atoms with Gasteiger partial charge in [0.05, 0.1) is 20.5 Å². The summed E-state index contributed by atoms with van der Waals surface area (Å²) in [5.74, 6) is 0. The van der Waals surface area contributed by atoms with Gasteiger partial charge in [-0.3, -0.25) is 10.1 Å². The van der Waals surface area contributed by atoms with Crippen LogP contribution in [0.15, 0.2) is 24.5 Å². The van der Waals surface area contributed by atoms with Crippen LogP contribution in [0.2, 0.25) is 10.0 Å². The maximum absolute atomic E-state index is 12.6. The topological polar surface area (TPSA) is 61.0 Å². The minimum Gasteiger partial charge on any atom is -0.258 e. The first-order chi connectivity index (χ1) is 9.20. The molecule has 1 aromatic carbocycles. The molecule has 5 nitrogen and oxygen atoms in total. The lowest BCUT2D eigenvalue weighted by Crippen LogP contribution is -2.06. The number of aromatic nitrogens is 2. The van der Waals surface area contributed by atoms with Gasteiger partial charge in [-0.25, -0.2) is 4.68 Å². The highest BCUT2D eigenvalue weighted by Gasteiger charge is 2.32. The smallest absolute Gasteiger partial charge is 0.258 e. The average Bonchev–Trinajstić information content (AvgIpc) is 2.76. The van der Waals surface area contributed by atoms with Gasteiger partial charge in [0.2, 0.25) is 0 Å². The van der Waals surface area contributed by atoms with E-state index in [1.807, 2.05) is 0 Å². The highest BCUT2D eigenvalue weighted by atomic mass is 35.5. The molecular weight excluding hydrogens is 322 g/mol. The standard InChI is InChI=1S/C10H4Cl2F3N3O2/c11-7-1-5(10(13,14)15)2-8(12)9(7)17-4-6(3-16-17)18(19)20/h1-4H. The molecule has 2 aromatic rings. The van der Waals surface area contributed by atoms with Crippen LogP contribution in [0.1, 0.15) is 5.56 Å². The predicted molar refractivity (Wildman–Crippen MR) is 65.2 cm³/mol. The van der Waals surface area contributed by atoms with Crippen LogP contribution in [-0.4, -0.2) is 14.7 Å². The third kappa shape index (κ3) is 2.70. The van der Waals surface area contributed by atoms with Crippen LogP contribution < -0.4 is 0 Å². The number of hydrogen-bond donors (Lipinski definition) is 0. The summed E-state index contributed by atoms with van der Waals surface area (Å²) in [4.78, 5) is 9.84. The number of nitrogens with zero attached hydrogens (tertiary/aromatic N) is 3. The summed E-state index contributed by atoms with van der Waals surface area (Å²) in [6, 6.07) is 1.35. The number of nitro groups is 1. The van der Waals surface area contributed by atoms with E-state index in [-0.39, 0.29) is 21.4 Å². The zero-order valence-corrected chi connectivity index (χ0v) is 10.9. The largest absolute Gasteiger partial charge is 0.416 e. The van der Waals surface area contributed by atoms with Gasteiger partial charge in [0, 0.05) is 0 Å². The molecule has 1 heterocycles. The van der Waals surface area contributed by atoms with E-state index >= 15 is 0 Å². The molecule has 2 rings (SSSR count). The van der Waals surface area contributed by atoms with E-state index in [9.17, 15) is 23.3 Å². The SMILES string of the molecule is O=[N+]([O-])c1cnn(-c2c(Cl)cc(C(F)(F)F)cc2Cl)c1. The highest BCUT2D eigenvalue weighted by molar-refractivity contribution is 6.37. The Kier molecular flexibility index (Phi) is 3.61. The van der Waals surface area contributed by atoms with Crippen LogP contribution in [-0.2, 0) is 6.18 Å².